The van der Waals surface area contributed by atoms with Gasteiger partial charge in [0.05, 0.1) is 30.7 Å². The number of halogens is 3. The molecule has 0 saturated carbocycles. The van der Waals surface area contributed by atoms with Crippen molar-refractivity contribution in [3.8, 4) is 16.9 Å². The number of carbonyl (C=O) groups excluding carboxylic acids is 1. The second-order valence-electron chi connectivity index (χ2n) is 8.30. The number of ether oxygens (including phenoxy) is 2. The number of alkyl halides is 2. The van der Waals surface area contributed by atoms with Crippen molar-refractivity contribution in [1.29, 1.82) is 0 Å². The van der Waals surface area contributed by atoms with Gasteiger partial charge in [-0.05, 0) is 71.8 Å². The van der Waals surface area contributed by atoms with E-state index in [1.54, 1.807) is 20.0 Å². The van der Waals surface area contributed by atoms with Crippen LogP contribution in [0.3, 0.4) is 0 Å². The molecule has 5 rings (SSSR count). The predicted octanol–water partition coefficient (Wildman–Crippen LogP) is 6.48. The third-order valence-corrected chi connectivity index (χ3v) is 6.32. The lowest BCUT2D eigenvalue weighted by atomic mass is 9.86. The molecular weight excluding hydrogens is 443 g/mol. The summed E-state index contributed by atoms with van der Waals surface area (Å²) in [4.78, 5) is 17.1. The Morgan fingerprint density at radius 1 is 1.18 bits per heavy atom. The van der Waals surface area contributed by atoms with Crippen molar-refractivity contribution in [3.05, 3.63) is 70.7 Å². The average Bonchev–Trinajstić information content (AvgIpc) is 2.81. The Bertz CT molecular complexity index is 1440. The molecule has 4 aromatic rings. The first-order chi connectivity index (χ1) is 16.4. The van der Waals surface area contributed by atoms with Crippen molar-refractivity contribution in [2.45, 2.75) is 33.1 Å². The van der Waals surface area contributed by atoms with Crippen LogP contribution < -0.4 is 4.74 Å². The van der Waals surface area contributed by atoms with Gasteiger partial charge in [0.25, 0.3) is 6.43 Å². The minimum atomic E-state index is -2.94. The Kier molecular flexibility index (Phi) is 5.63. The van der Waals surface area contributed by atoms with Gasteiger partial charge >= 0.3 is 5.97 Å². The molecule has 0 spiro atoms. The maximum absolute atomic E-state index is 15.2. The molecule has 174 valence electrons. The van der Waals surface area contributed by atoms with Gasteiger partial charge < -0.3 is 9.47 Å². The number of rotatable bonds is 5. The molecule has 0 unspecified atom stereocenters. The van der Waals surface area contributed by atoms with Crippen molar-refractivity contribution < 1.29 is 27.4 Å². The SMILES string of the molecule is CCOC(=O)Cc1c(C)cc2c(F)c(C(F)F)ccc2c1-c1ccc2c3c(ccnc13)CCO2. The Labute approximate surface area is 194 Å². The molecule has 3 aromatic carbocycles. The second kappa shape index (κ2) is 8.63. The minimum Gasteiger partial charge on any atom is -0.493 e. The van der Waals surface area contributed by atoms with E-state index < -0.39 is 23.8 Å². The Hall–Kier alpha value is -3.61. The quantitative estimate of drug-likeness (QED) is 0.317. The first-order valence-corrected chi connectivity index (χ1v) is 11.1. The molecule has 0 fully saturated rings. The van der Waals surface area contributed by atoms with Gasteiger partial charge in [0.2, 0.25) is 0 Å². The zero-order valence-electron chi connectivity index (χ0n) is 18.8. The van der Waals surface area contributed by atoms with Crippen molar-refractivity contribution in [2.75, 3.05) is 13.2 Å². The maximum Gasteiger partial charge on any atom is 0.310 e. The lowest BCUT2D eigenvalue weighted by molar-refractivity contribution is -0.142. The zero-order chi connectivity index (χ0) is 24.0. The van der Waals surface area contributed by atoms with Crippen molar-refractivity contribution in [2.24, 2.45) is 0 Å². The maximum atomic E-state index is 15.2. The fourth-order valence-corrected chi connectivity index (χ4v) is 4.80. The number of benzene rings is 3. The normalized spacial score (nSPS) is 12.9. The summed E-state index contributed by atoms with van der Waals surface area (Å²) in [6, 6.07) is 9.75. The summed E-state index contributed by atoms with van der Waals surface area (Å²) in [7, 11) is 0. The third-order valence-electron chi connectivity index (χ3n) is 6.32. The molecule has 2 heterocycles. The van der Waals surface area contributed by atoms with Gasteiger partial charge in [-0.1, -0.05) is 6.07 Å². The molecule has 1 aliphatic rings. The van der Waals surface area contributed by atoms with Crippen LogP contribution in [0, 0.1) is 12.7 Å². The van der Waals surface area contributed by atoms with Crippen molar-refractivity contribution >= 4 is 27.6 Å². The van der Waals surface area contributed by atoms with Gasteiger partial charge in [0.15, 0.2) is 0 Å². The Morgan fingerprint density at radius 3 is 2.76 bits per heavy atom. The van der Waals surface area contributed by atoms with Crippen molar-refractivity contribution in [1.82, 2.24) is 4.98 Å². The average molecular weight is 465 g/mol. The van der Waals surface area contributed by atoms with Crippen LogP contribution in [0.25, 0.3) is 32.8 Å². The molecular formula is C27H22F3NO3. The lowest BCUT2D eigenvalue weighted by Crippen LogP contribution is -2.11. The van der Waals surface area contributed by atoms with Crippen LogP contribution in [0.15, 0.2) is 42.6 Å². The molecule has 7 heteroatoms. The number of hydrogen-bond acceptors (Lipinski definition) is 4. The molecule has 0 bridgehead atoms. The van der Waals surface area contributed by atoms with E-state index in [2.05, 4.69) is 4.98 Å². The molecule has 0 saturated heterocycles. The molecule has 0 amide bonds. The van der Waals surface area contributed by atoms with Crippen LogP contribution in [-0.4, -0.2) is 24.2 Å². The highest BCUT2D eigenvalue weighted by Crippen LogP contribution is 2.43. The van der Waals surface area contributed by atoms with Crippen LogP contribution >= 0.6 is 0 Å². The summed E-state index contributed by atoms with van der Waals surface area (Å²) in [6.45, 7) is 4.26. The lowest BCUT2D eigenvalue weighted by Gasteiger charge is -2.22. The van der Waals surface area contributed by atoms with E-state index in [1.807, 2.05) is 18.2 Å². The van der Waals surface area contributed by atoms with Crippen LogP contribution in [0.5, 0.6) is 5.75 Å². The molecule has 0 N–H and O–H groups in total. The molecule has 34 heavy (non-hydrogen) atoms. The van der Waals surface area contributed by atoms with E-state index in [0.29, 0.717) is 45.5 Å². The second-order valence-corrected chi connectivity index (χ2v) is 8.30. The van der Waals surface area contributed by atoms with Crippen LogP contribution in [-0.2, 0) is 22.4 Å². The number of fused-ring (bicyclic) bond motifs is 1. The summed E-state index contributed by atoms with van der Waals surface area (Å²) in [6.07, 6.45) is -0.532. The third kappa shape index (κ3) is 3.56. The van der Waals surface area contributed by atoms with Gasteiger partial charge in [-0.25, -0.2) is 13.2 Å². The van der Waals surface area contributed by atoms with E-state index in [-0.39, 0.29) is 18.4 Å². The standard InChI is InChI=1S/C27H22F3NO3/c1-3-33-22(32)13-19-14(2)12-20-16(4-5-18(25(20)28)27(29)30)24(19)17-6-7-21-23-15(9-11-34-21)8-10-31-26(17)23/h4-8,10,12,27H,3,9,11,13H2,1-2H3. The highest BCUT2D eigenvalue weighted by atomic mass is 19.3. The summed E-state index contributed by atoms with van der Waals surface area (Å²) >= 11 is 0. The van der Waals surface area contributed by atoms with E-state index in [9.17, 15) is 13.6 Å². The first-order valence-electron chi connectivity index (χ1n) is 11.1. The van der Waals surface area contributed by atoms with Crippen molar-refractivity contribution in [3.63, 3.8) is 0 Å². The smallest absolute Gasteiger partial charge is 0.310 e. The first kappa shape index (κ1) is 22.2. The largest absolute Gasteiger partial charge is 0.493 e. The van der Waals surface area contributed by atoms with Gasteiger partial charge in [-0.15, -0.1) is 0 Å². The van der Waals surface area contributed by atoms with Crippen LogP contribution in [0.4, 0.5) is 13.2 Å². The molecule has 4 nitrogen and oxygen atoms in total. The minimum absolute atomic E-state index is 0.0391. The van der Waals surface area contributed by atoms with Gasteiger partial charge in [0.1, 0.15) is 11.6 Å². The molecule has 0 aliphatic carbocycles. The number of hydrogen-bond donors (Lipinski definition) is 0. The van der Waals surface area contributed by atoms with E-state index in [0.717, 1.165) is 23.4 Å². The number of aromatic nitrogens is 1. The number of aryl methyl sites for hydroxylation is 1. The van der Waals surface area contributed by atoms with Gasteiger partial charge in [-0.2, -0.15) is 0 Å². The Balaban J connectivity index is 1.88. The molecule has 1 aliphatic heterocycles. The highest BCUT2D eigenvalue weighted by Gasteiger charge is 2.25. The highest BCUT2D eigenvalue weighted by molar-refractivity contribution is 6.08. The topological polar surface area (TPSA) is 48.4 Å². The van der Waals surface area contributed by atoms with Gasteiger partial charge in [0, 0.05) is 29.0 Å². The van der Waals surface area contributed by atoms with Gasteiger partial charge in [-0.3, -0.25) is 9.78 Å². The fraction of sp³-hybridized carbons (Fsp3) is 0.259. The monoisotopic (exact) mass is 465 g/mol. The summed E-state index contributed by atoms with van der Waals surface area (Å²) in [5.74, 6) is -0.670. The van der Waals surface area contributed by atoms with Crippen LogP contribution in [0.2, 0.25) is 0 Å². The van der Waals surface area contributed by atoms with E-state index in [4.69, 9.17) is 9.47 Å². The summed E-state index contributed by atoms with van der Waals surface area (Å²) < 4.78 is 53.1. The number of carbonyl (C=O) groups is 1. The van der Waals surface area contributed by atoms with E-state index in [1.165, 1.54) is 12.1 Å². The molecule has 0 atom stereocenters. The fourth-order valence-electron chi connectivity index (χ4n) is 4.80. The summed E-state index contributed by atoms with van der Waals surface area (Å²) in [5.41, 5.74) is 3.62. The Morgan fingerprint density at radius 2 is 2.00 bits per heavy atom. The molecule has 0 radical (unpaired) electrons. The van der Waals surface area contributed by atoms with Crippen LogP contribution in [0.1, 0.15) is 35.6 Å². The summed E-state index contributed by atoms with van der Waals surface area (Å²) in [5, 5.41) is 1.38. The predicted molar refractivity (Wildman–Crippen MR) is 124 cm³/mol. The number of nitrogens with zero attached hydrogens (tertiary/aromatic N) is 1. The zero-order valence-corrected chi connectivity index (χ0v) is 18.8. The number of pyridine rings is 1. The molecule has 1 aromatic heterocycles. The number of esters is 1. The van der Waals surface area contributed by atoms with E-state index >= 15 is 4.39 Å².